The Morgan fingerprint density at radius 2 is 1.76 bits per heavy atom. The maximum atomic E-state index is 13.7. The molecule has 1 unspecified atom stereocenters. The number of halogens is 1. The lowest BCUT2D eigenvalue weighted by molar-refractivity contribution is 0.106. The minimum absolute atomic E-state index is 0.173. The third kappa shape index (κ3) is 3.46. The number of benzene rings is 1. The first-order valence-electron chi connectivity index (χ1n) is 8.41. The largest absolute Gasteiger partial charge is 0.324 e. The number of piperidine rings is 1. The molecule has 2 aliphatic rings. The topological polar surface area (TPSA) is 29.3 Å². The van der Waals surface area contributed by atoms with E-state index in [0.29, 0.717) is 11.0 Å². The summed E-state index contributed by atoms with van der Waals surface area (Å²) < 4.78 is 13.7. The lowest BCUT2D eigenvalue weighted by Crippen LogP contribution is -2.39. The summed E-state index contributed by atoms with van der Waals surface area (Å²) in [6, 6.07) is 6.71. The Labute approximate surface area is 127 Å². The molecular formula is C18H27FN2. The van der Waals surface area contributed by atoms with Crippen LogP contribution in [0.5, 0.6) is 0 Å². The Kier molecular flexibility index (Phi) is 4.60. The maximum Gasteiger partial charge on any atom is 0.127 e. The van der Waals surface area contributed by atoms with Crippen molar-refractivity contribution < 1.29 is 4.39 Å². The molecule has 1 spiro atoms. The quantitative estimate of drug-likeness (QED) is 0.912. The van der Waals surface area contributed by atoms with E-state index in [1.807, 2.05) is 12.1 Å². The standard InChI is InChI=1S/C18H27FN2/c19-16-6-2-1-5-15(16)17(20)7-12-21-13-10-18(11-14-21)8-3-4-9-18/h1-2,5-6,17H,3-4,7-14,20H2. The second-order valence-corrected chi connectivity index (χ2v) is 6.97. The van der Waals surface area contributed by atoms with Gasteiger partial charge in [0, 0.05) is 11.6 Å². The minimum atomic E-state index is -0.187. The summed E-state index contributed by atoms with van der Waals surface area (Å²) in [5.74, 6) is -0.173. The van der Waals surface area contributed by atoms with Gasteiger partial charge in [-0.15, -0.1) is 0 Å². The molecule has 1 aliphatic carbocycles. The highest BCUT2D eigenvalue weighted by atomic mass is 19.1. The van der Waals surface area contributed by atoms with Crippen molar-refractivity contribution in [3.63, 3.8) is 0 Å². The lowest BCUT2D eigenvalue weighted by atomic mass is 9.77. The molecule has 21 heavy (non-hydrogen) atoms. The molecule has 116 valence electrons. The third-order valence-corrected chi connectivity index (χ3v) is 5.64. The molecule has 0 aromatic heterocycles. The number of nitrogens with zero attached hydrogens (tertiary/aromatic N) is 1. The molecule has 0 amide bonds. The van der Waals surface area contributed by atoms with Gasteiger partial charge in [0.15, 0.2) is 0 Å². The fraction of sp³-hybridized carbons (Fsp3) is 0.667. The number of hydrogen-bond donors (Lipinski definition) is 1. The van der Waals surface area contributed by atoms with E-state index in [1.165, 1.54) is 57.7 Å². The summed E-state index contributed by atoms with van der Waals surface area (Å²) in [6.07, 6.45) is 9.28. The SMILES string of the molecule is NC(CCN1CCC2(CCCC2)CC1)c1ccccc1F. The van der Waals surface area contributed by atoms with E-state index in [1.54, 1.807) is 6.07 Å². The Morgan fingerprint density at radius 1 is 1.10 bits per heavy atom. The van der Waals surface area contributed by atoms with Crippen LogP contribution in [0.4, 0.5) is 4.39 Å². The molecule has 1 atom stereocenters. The van der Waals surface area contributed by atoms with Gasteiger partial charge in [-0.1, -0.05) is 31.0 Å². The van der Waals surface area contributed by atoms with Gasteiger partial charge >= 0.3 is 0 Å². The second-order valence-electron chi connectivity index (χ2n) is 6.97. The van der Waals surface area contributed by atoms with Crippen LogP contribution in [0, 0.1) is 11.2 Å². The van der Waals surface area contributed by atoms with E-state index in [4.69, 9.17) is 5.73 Å². The van der Waals surface area contributed by atoms with Crippen LogP contribution in [-0.4, -0.2) is 24.5 Å². The monoisotopic (exact) mass is 290 g/mol. The van der Waals surface area contributed by atoms with Crippen LogP contribution in [0.25, 0.3) is 0 Å². The van der Waals surface area contributed by atoms with Gasteiger partial charge in [0.1, 0.15) is 5.82 Å². The Morgan fingerprint density at radius 3 is 2.43 bits per heavy atom. The molecule has 1 aliphatic heterocycles. The first-order valence-corrected chi connectivity index (χ1v) is 8.41. The van der Waals surface area contributed by atoms with Crippen molar-refractivity contribution in [2.75, 3.05) is 19.6 Å². The van der Waals surface area contributed by atoms with E-state index in [9.17, 15) is 4.39 Å². The van der Waals surface area contributed by atoms with Gasteiger partial charge in [-0.05, 0) is 63.2 Å². The van der Waals surface area contributed by atoms with Crippen LogP contribution in [0.15, 0.2) is 24.3 Å². The summed E-state index contributed by atoms with van der Waals surface area (Å²) in [5.41, 5.74) is 7.49. The zero-order valence-electron chi connectivity index (χ0n) is 12.9. The minimum Gasteiger partial charge on any atom is -0.324 e. The average molecular weight is 290 g/mol. The fourth-order valence-corrected chi connectivity index (χ4v) is 4.13. The summed E-state index contributed by atoms with van der Waals surface area (Å²) in [6.45, 7) is 3.39. The van der Waals surface area contributed by atoms with Gasteiger partial charge in [0.25, 0.3) is 0 Å². The Balaban J connectivity index is 1.47. The van der Waals surface area contributed by atoms with Crippen LogP contribution in [-0.2, 0) is 0 Å². The van der Waals surface area contributed by atoms with E-state index < -0.39 is 0 Å². The number of likely N-dealkylation sites (tertiary alicyclic amines) is 1. The second kappa shape index (κ2) is 6.45. The molecule has 0 bridgehead atoms. The first-order chi connectivity index (χ1) is 10.2. The zero-order valence-corrected chi connectivity index (χ0v) is 12.9. The van der Waals surface area contributed by atoms with Crippen LogP contribution >= 0.6 is 0 Å². The van der Waals surface area contributed by atoms with Gasteiger partial charge in [-0.3, -0.25) is 0 Å². The molecule has 1 saturated heterocycles. The Bertz CT molecular complexity index is 458. The molecule has 2 nitrogen and oxygen atoms in total. The third-order valence-electron chi connectivity index (χ3n) is 5.64. The highest BCUT2D eigenvalue weighted by Gasteiger charge is 2.36. The summed E-state index contributed by atoms with van der Waals surface area (Å²) in [7, 11) is 0. The van der Waals surface area contributed by atoms with Crippen LogP contribution in [0.1, 0.15) is 56.6 Å². The maximum absolute atomic E-state index is 13.7. The number of hydrogen-bond acceptors (Lipinski definition) is 2. The van der Waals surface area contributed by atoms with Crippen molar-refractivity contribution in [1.82, 2.24) is 4.90 Å². The molecular weight excluding hydrogens is 263 g/mol. The summed E-state index contributed by atoms with van der Waals surface area (Å²) >= 11 is 0. The van der Waals surface area contributed by atoms with Crippen molar-refractivity contribution in [2.45, 2.75) is 51.0 Å². The van der Waals surface area contributed by atoms with Crippen LogP contribution < -0.4 is 5.73 Å². The van der Waals surface area contributed by atoms with Crippen LogP contribution in [0.2, 0.25) is 0 Å². The molecule has 3 rings (SSSR count). The summed E-state index contributed by atoms with van der Waals surface area (Å²) in [5, 5.41) is 0. The molecule has 1 aromatic rings. The lowest BCUT2D eigenvalue weighted by Gasteiger charge is -2.39. The number of nitrogens with two attached hydrogens (primary N) is 1. The van der Waals surface area contributed by atoms with E-state index >= 15 is 0 Å². The van der Waals surface area contributed by atoms with E-state index in [0.717, 1.165) is 13.0 Å². The number of rotatable bonds is 4. The van der Waals surface area contributed by atoms with Gasteiger partial charge in [0.05, 0.1) is 0 Å². The van der Waals surface area contributed by atoms with E-state index in [-0.39, 0.29) is 11.9 Å². The molecule has 0 radical (unpaired) electrons. The van der Waals surface area contributed by atoms with Gasteiger partial charge in [-0.25, -0.2) is 4.39 Å². The molecule has 1 heterocycles. The zero-order chi connectivity index (χ0) is 14.7. The van der Waals surface area contributed by atoms with Crippen molar-refractivity contribution in [1.29, 1.82) is 0 Å². The normalized spacial score (nSPS) is 23.5. The molecule has 3 heteroatoms. The summed E-state index contributed by atoms with van der Waals surface area (Å²) in [4.78, 5) is 2.52. The van der Waals surface area contributed by atoms with Crippen LogP contribution in [0.3, 0.4) is 0 Å². The Hall–Kier alpha value is -0.930. The average Bonchev–Trinajstić information content (AvgIpc) is 2.95. The molecule has 2 N–H and O–H groups in total. The molecule has 1 aromatic carbocycles. The van der Waals surface area contributed by atoms with Crippen molar-refractivity contribution in [3.8, 4) is 0 Å². The van der Waals surface area contributed by atoms with Crippen molar-refractivity contribution >= 4 is 0 Å². The van der Waals surface area contributed by atoms with Gasteiger partial charge < -0.3 is 10.6 Å². The van der Waals surface area contributed by atoms with Crippen molar-refractivity contribution in [2.24, 2.45) is 11.1 Å². The predicted molar refractivity (Wildman–Crippen MR) is 84.5 cm³/mol. The highest BCUT2D eigenvalue weighted by molar-refractivity contribution is 5.20. The van der Waals surface area contributed by atoms with Gasteiger partial charge in [0.2, 0.25) is 0 Å². The van der Waals surface area contributed by atoms with Gasteiger partial charge in [-0.2, -0.15) is 0 Å². The molecule has 2 fully saturated rings. The fourth-order valence-electron chi connectivity index (χ4n) is 4.13. The first kappa shape index (κ1) is 15.0. The molecule has 1 saturated carbocycles. The highest BCUT2D eigenvalue weighted by Crippen LogP contribution is 2.46. The predicted octanol–water partition coefficient (Wildman–Crippen LogP) is 3.87. The van der Waals surface area contributed by atoms with E-state index in [2.05, 4.69) is 4.90 Å². The smallest absolute Gasteiger partial charge is 0.127 e. The van der Waals surface area contributed by atoms with Crippen molar-refractivity contribution in [3.05, 3.63) is 35.6 Å².